The van der Waals surface area contributed by atoms with Gasteiger partial charge >= 0.3 is 1.43 Å². The number of nitrogens with zero attached hydrogens (tertiary/aromatic N) is 1. The molecule has 1 aromatic rings. The summed E-state index contributed by atoms with van der Waals surface area (Å²) in [4.78, 5) is 0. The zero-order valence-corrected chi connectivity index (χ0v) is 9.99. The molecule has 0 atom stereocenters. The molecular weight excluding hydrogens is 214 g/mol. The Morgan fingerprint density at radius 3 is 1.93 bits per heavy atom. The minimum atomic E-state index is -3.11. The molecule has 0 saturated carbocycles. The maximum absolute atomic E-state index is 8.44. The number of benzene rings is 1. The molecule has 5 heteroatoms. The van der Waals surface area contributed by atoms with Gasteiger partial charge in [0.1, 0.15) is 6.54 Å². The van der Waals surface area contributed by atoms with Gasteiger partial charge in [-0.2, -0.15) is 0 Å². The molecular formula is C10H17NO3S. The van der Waals surface area contributed by atoms with Crippen LogP contribution in [0.4, 0.5) is 0 Å². The second kappa shape index (κ2) is 6.68. The molecule has 0 amide bonds. The molecule has 0 aliphatic heterocycles. The van der Waals surface area contributed by atoms with Gasteiger partial charge in [-0.25, -0.2) is 0 Å². The third-order valence-electron chi connectivity index (χ3n) is 1.50. The number of quaternary nitrogens is 1. The van der Waals surface area contributed by atoms with E-state index in [1.54, 1.807) is 0 Å². The highest BCUT2D eigenvalue weighted by Gasteiger charge is 2.06. The van der Waals surface area contributed by atoms with Gasteiger partial charge < -0.3 is 13.6 Å². The number of rotatable bonds is 2. The Labute approximate surface area is 94.7 Å². The Morgan fingerprint density at radius 1 is 1.20 bits per heavy atom. The van der Waals surface area contributed by atoms with E-state index in [0.717, 1.165) is 11.0 Å². The normalized spacial score (nSPS) is 10.8. The van der Waals surface area contributed by atoms with E-state index in [9.17, 15) is 0 Å². The molecule has 1 aromatic carbocycles. The molecule has 0 radical (unpaired) electrons. The molecule has 0 unspecified atom stereocenters. The van der Waals surface area contributed by atoms with E-state index in [0.29, 0.717) is 0 Å². The maximum Gasteiger partial charge on any atom is 1.00 e. The summed E-state index contributed by atoms with van der Waals surface area (Å²) in [5.74, 6) is 0. The molecule has 0 aromatic heterocycles. The van der Waals surface area contributed by atoms with Gasteiger partial charge in [-0.05, 0) is 0 Å². The van der Waals surface area contributed by atoms with Crippen LogP contribution in [0.25, 0.3) is 0 Å². The highest BCUT2D eigenvalue weighted by Crippen LogP contribution is 2.05. The van der Waals surface area contributed by atoms with E-state index >= 15 is 0 Å². The first-order valence-corrected chi connectivity index (χ1v) is 5.42. The second-order valence-electron chi connectivity index (χ2n) is 4.14. The molecule has 0 N–H and O–H groups in total. The van der Waals surface area contributed by atoms with Gasteiger partial charge in [0.25, 0.3) is 0 Å². The van der Waals surface area contributed by atoms with Crippen LogP contribution in [0.5, 0.6) is 0 Å². The molecule has 0 aliphatic carbocycles. The molecule has 4 nitrogen and oxygen atoms in total. The Balaban J connectivity index is 0. The summed E-state index contributed by atoms with van der Waals surface area (Å²) in [6, 6.07) is 10.6. The van der Waals surface area contributed by atoms with Crippen molar-refractivity contribution in [3.8, 4) is 0 Å². The lowest BCUT2D eigenvalue weighted by atomic mass is 10.2. The van der Waals surface area contributed by atoms with Crippen molar-refractivity contribution in [1.29, 1.82) is 0 Å². The van der Waals surface area contributed by atoms with Crippen LogP contribution in [0.2, 0.25) is 0 Å². The predicted octanol–water partition coefficient (Wildman–Crippen LogP) is 1.00. The lowest BCUT2D eigenvalue weighted by molar-refractivity contribution is -0.884. The predicted molar refractivity (Wildman–Crippen MR) is 59.0 cm³/mol. The van der Waals surface area contributed by atoms with E-state index in [1.807, 2.05) is 0 Å². The largest absolute Gasteiger partial charge is 1.00 e. The van der Waals surface area contributed by atoms with Crippen molar-refractivity contribution in [3.05, 3.63) is 35.9 Å². The van der Waals surface area contributed by atoms with Gasteiger partial charge in [0.2, 0.25) is 0 Å². The average molecular weight is 231 g/mol. The van der Waals surface area contributed by atoms with E-state index in [4.69, 9.17) is 13.3 Å². The highest BCUT2D eigenvalue weighted by molar-refractivity contribution is 7.72. The van der Waals surface area contributed by atoms with E-state index < -0.39 is 11.4 Å². The molecule has 1 rings (SSSR count). The topological polar surface area (TPSA) is 63.2 Å². The summed E-state index contributed by atoms with van der Waals surface area (Å²) in [6.45, 7) is 1.10. The molecule has 0 heterocycles. The summed E-state index contributed by atoms with van der Waals surface area (Å²) in [7, 11) is 6.60. The maximum atomic E-state index is 8.44. The first-order valence-electron chi connectivity index (χ1n) is 4.42. The van der Waals surface area contributed by atoms with Crippen molar-refractivity contribution in [2.24, 2.45) is 0 Å². The lowest BCUT2D eigenvalue weighted by Gasteiger charge is -2.23. The van der Waals surface area contributed by atoms with Crippen LogP contribution in [-0.4, -0.2) is 38.9 Å². The van der Waals surface area contributed by atoms with Gasteiger partial charge in [0, 0.05) is 5.56 Å². The van der Waals surface area contributed by atoms with Crippen molar-refractivity contribution in [2.45, 2.75) is 6.54 Å². The van der Waals surface area contributed by atoms with Crippen LogP contribution in [0, 0.1) is 0 Å². The minimum Gasteiger partial charge on any atom is -0.784 e. The fourth-order valence-corrected chi connectivity index (χ4v) is 1.13. The van der Waals surface area contributed by atoms with Gasteiger partial charge in [-0.15, -0.1) is 11.4 Å². The average Bonchev–Trinajstić information content (AvgIpc) is 2.01. The monoisotopic (exact) mass is 231 g/mol. The summed E-state index contributed by atoms with van der Waals surface area (Å²) in [6.07, 6.45) is 0. The molecule has 0 aliphatic rings. The molecule has 0 saturated heterocycles. The fourth-order valence-electron chi connectivity index (χ4n) is 1.13. The standard InChI is InChI=1S/C10H16N.H2O3S/c1-11(2,3)9-10-7-5-4-6-8-10;1-4(2)3/h4-8H,9H2,1-3H3;(H2,1,2,3)/q+1;/p-1. The van der Waals surface area contributed by atoms with E-state index in [-0.39, 0.29) is 1.43 Å². The number of hydrogen-bond donors (Lipinski definition) is 0. The quantitative estimate of drug-likeness (QED) is 0.563. The second-order valence-corrected chi connectivity index (χ2v) is 4.55. The Morgan fingerprint density at radius 2 is 1.60 bits per heavy atom. The zero-order valence-electron chi connectivity index (χ0n) is 10.2. The SMILES string of the molecule is C[N+](C)(C)Cc1ccccc1.O=S([O-])[O-].[H+]. The zero-order chi connectivity index (χ0) is 11.9. The van der Waals surface area contributed by atoms with Gasteiger partial charge in [0.05, 0.1) is 21.1 Å². The van der Waals surface area contributed by atoms with Crippen LogP contribution in [-0.2, 0) is 17.9 Å². The van der Waals surface area contributed by atoms with Crippen molar-refractivity contribution in [2.75, 3.05) is 21.1 Å². The smallest absolute Gasteiger partial charge is 0.784 e. The highest BCUT2D eigenvalue weighted by atomic mass is 32.2. The van der Waals surface area contributed by atoms with Crippen molar-refractivity contribution in [3.63, 3.8) is 0 Å². The van der Waals surface area contributed by atoms with Crippen molar-refractivity contribution in [1.82, 2.24) is 0 Å². The van der Waals surface area contributed by atoms with Crippen LogP contribution < -0.4 is 0 Å². The summed E-state index contributed by atoms with van der Waals surface area (Å²) in [5, 5.41) is 0. The van der Waals surface area contributed by atoms with Crippen LogP contribution in [0.15, 0.2) is 30.3 Å². The summed E-state index contributed by atoms with van der Waals surface area (Å²) >= 11 is -3.11. The lowest BCUT2D eigenvalue weighted by Crippen LogP contribution is -2.33. The first kappa shape index (κ1) is 14.2. The molecule has 0 bridgehead atoms. The third-order valence-corrected chi connectivity index (χ3v) is 1.50. The Kier molecular flexibility index (Phi) is 6.35. The minimum absolute atomic E-state index is 0. The van der Waals surface area contributed by atoms with Crippen molar-refractivity contribution < 1.29 is 19.2 Å². The molecule has 86 valence electrons. The van der Waals surface area contributed by atoms with Crippen LogP contribution in [0.3, 0.4) is 0 Å². The number of hydrogen-bond acceptors (Lipinski definition) is 3. The Hall–Kier alpha value is -0.750. The van der Waals surface area contributed by atoms with Crippen LogP contribution in [0.1, 0.15) is 6.99 Å². The van der Waals surface area contributed by atoms with Gasteiger partial charge in [0.15, 0.2) is 0 Å². The van der Waals surface area contributed by atoms with Crippen LogP contribution >= 0.6 is 0 Å². The molecule has 15 heavy (non-hydrogen) atoms. The summed E-state index contributed by atoms with van der Waals surface area (Å²) in [5.41, 5.74) is 1.40. The van der Waals surface area contributed by atoms with Gasteiger partial charge in [-0.1, -0.05) is 30.3 Å². The first-order chi connectivity index (χ1) is 6.81. The molecule has 0 fully saturated rings. The van der Waals surface area contributed by atoms with E-state index in [2.05, 4.69) is 51.5 Å². The van der Waals surface area contributed by atoms with Gasteiger partial charge in [-0.3, -0.25) is 4.21 Å². The van der Waals surface area contributed by atoms with E-state index in [1.165, 1.54) is 5.56 Å². The van der Waals surface area contributed by atoms with Crippen molar-refractivity contribution >= 4 is 11.4 Å². The fraction of sp³-hybridized carbons (Fsp3) is 0.400. The summed E-state index contributed by atoms with van der Waals surface area (Å²) < 4.78 is 26.3. The Bertz CT molecular complexity index is 297. The molecule has 0 spiro atoms. The third kappa shape index (κ3) is 11.2.